The number of aryl methyl sites for hydroxylation is 1. The Morgan fingerprint density at radius 2 is 2.05 bits per heavy atom. The Hall–Kier alpha value is -2.14. The van der Waals surface area contributed by atoms with Gasteiger partial charge in [-0.2, -0.15) is 0 Å². The number of amides is 1. The van der Waals surface area contributed by atoms with E-state index in [2.05, 4.69) is 10.3 Å². The molecular weight excluding hydrogens is 256 g/mol. The summed E-state index contributed by atoms with van der Waals surface area (Å²) in [5.41, 5.74) is 1.99. The van der Waals surface area contributed by atoms with Crippen LogP contribution in [0.2, 0.25) is 0 Å². The zero-order valence-corrected chi connectivity index (χ0v) is 11.8. The van der Waals surface area contributed by atoms with Crippen LogP contribution in [0.3, 0.4) is 0 Å². The molecule has 0 fully saturated rings. The van der Waals surface area contributed by atoms with Gasteiger partial charge in [0.05, 0.1) is 12.2 Å². The van der Waals surface area contributed by atoms with Crippen LogP contribution in [-0.4, -0.2) is 36.4 Å². The number of hydrogen-bond acceptors (Lipinski definition) is 3. The fourth-order valence-corrected chi connectivity index (χ4v) is 2.26. The van der Waals surface area contributed by atoms with Crippen molar-refractivity contribution in [3.8, 4) is 0 Å². The van der Waals surface area contributed by atoms with Crippen LogP contribution in [0.5, 0.6) is 0 Å². The van der Waals surface area contributed by atoms with Crippen LogP contribution >= 0.6 is 0 Å². The number of rotatable bonds is 5. The summed E-state index contributed by atoms with van der Waals surface area (Å²) in [6, 6.07) is 7.23. The highest BCUT2D eigenvalue weighted by atomic mass is 16.5. The van der Waals surface area contributed by atoms with E-state index in [4.69, 9.17) is 4.74 Å². The molecule has 20 heavy (non-hydrogen) atoms. The van der Waals surface area contributed by atoms with Crippen molar-refractivity contribution in [3.05, 3.63) is 35.5 Å². The van der Waals surface area contributed by atoms with Crippen molar-refractivity contribution in [2.45, 2.75) is 19.9 Å². The summed E-state index contributed by atoms with van der Waals surface area (Å²) in [6.45, 7) is 3.95. The Kier molecular flexibility index (Phi) is 4.20. The van der Waals surface area contributed by atoms with Crippen LogP contribution < -0.4 is 5.32 Å². The molecule has 0 radical (unpaired) electrons. The maximum absolute atomic E-state index is 12.3. The van der Waals surface area contributed by atoms with Crippen molar-refractivity contribution in [2.24, 2.45) is 0 Å². The van der Waals surface area contributed by atoms with Gasteiger partial charge in [0.15, 0.2) is 0 Å². The van der Waals surface area contributed by atoms with Crippen molar-refractivity contribution in [1.29, 1.82) is 0 Å². The van der Waals surface area contributed by atoms with E-state index < -0.39 is 11.7 Å². The molecule has 0 aliphatic carbocycles. The number of Topliss-reactive ketones (excluding diaryl/α,β-unsaturated/α-hetero) is 1. The molecule has 2 N–H and O–H groups in total. The van der Waals surface area contributed by atoms with Crippen LogP contribution in [0.4, 0.5) is 0 Å². The molecule has 0 saturated carbocycles. The fraction of sp³-hybridized carbons (Fsp3) is 0.333. The van der Waals surface area contributed by atoms with Crippen molar-refractivity contribution in [3.63, 3.8) is 0 Å². The second kappa shape index (κ2) is 5.88. The van der Waals surface area contributed by atoms with Crippen LogP contribution in [0, 0.1) is 6.92 Å². The maximum Gasteiger partial charge on any atom is 0.292 e. The van der Waals surface area contributed by atoms with E-state index in [9.17, 15) is 9.59 Å². The highest BCUT2D eigenvalue weighted by Gasteiger charge is 2.23. The van der Waals surface area contributed by atoms with Crippen molar-refractivity contribution in [1.82, 2.24) is 10.3 Å². The highest BCUT2D eigenvalue weighted by molar-refractivity contribution is 6.45. The van der Waals surface area contributed by atoms with Crippen molar-refractivity contribution >= 4 is 22.6 Å². The first-order chi connectivity index (χ1) is 9.54. The van der Waals surface area contributed by atoms with E-state index in [-0.39, 0.29) is 6.04 Å². The Bertz CT molecular complexity index is 646. The number of fused-ring (bicyclic) bond motifs is 1. The largest absolute Gasteiger partial charge is 0.383 e. The Balaban J connectivity index is 2.27. The monoisotopic (exact) mass is 274 g/mol. The van der Waals surface area contributed by atoms with E-state index in [0.717, 1.165) is 10.9 Å². The lowest BCUT2D eigenvalue weighted by molar-refractivity contribution is -0.117. The quantitative estimate of drug-likeness (QED) is 0.645. The zero-order valence-electron chi connectivity index (χ0n) is 11.8. The molecule has 5 nitrogen and oxygen atoms in total. The standard InChI is InChI=1S/C15H18N2O3/c1-9(8-20-3)16-15(19)14(18)13-10(2)17-12-7-5-4-6-11(12)13/h4-7,9,17H,8H2,1-3H3,(H,16,19)/t9-/m0/s1. The number of hydrogen-bond donors (Lipinski definition) is 2. The van der Waals surface area contributed by atoms with Crippen LogP contribution in [-0.2, 0) is 9.53 Å². The van der Waals surface area contributed by atoms with Crippen molar-refractivity contribution in [2.75, 3.05) is 13.7 Å². The van der Waals surface area contributed by atoms with Gasteiger partial charge in [-0.05, 0) is 19.9 Å². The van der Waals surface area contributed by atoms with Gasteiger partial charge in [0.1, 0.15) is 0 Å². The van der Waals surface area contributed by atoms with E-state index in [1.54, 1.807) is 21.0 Å². The number of para-hydroxylation sites is 1. The molecule has 1 heterocycles. The smallest absolute Gasteiger partial charge is 0.292 e. The van der Waals surface area contributed by atoms with Crippen molar-refractivity contribution < 1.29 is 14.3 Å². The SMILES string of the molecule is COC[C@H](C)NC(=O)C(=O)c1c(C)[nH]c2ccccc12. The Morgan fingerprint density at radius 1 is 1.35 bits per heavy atom. The van der Waals surface area contributed by atoms with Gasteiger partial charge >= 0.3 is 0 Å². The highest BCUT2D eigenvalue weighted by Crippen LogP contribution is 2.22. The second-order valence-corrected chi connectivity index (χ2v) is 4.83. The Labute approximate surface area is 117 Å². The van der Waals surface area contributed by atoms with Gasteiger partial charge in [-0.1, -0.05) is 18.2 Å². The number of aromatic nitrogens is 1. The van der Waals surface area contributed by atoms with Crippen LogP contribution in [0.25, 0.3) is 10.9 Å². The number of nitrogens with one attached hydrogen (secondary N) is 2. The van der Waals surface area contributed by atoms with Gasteiger partial charge in [-0.25, -0.2) is 0 Å². The number of carbonyl (C=O) groups excluding carboxylic acids is 2. The Morgan fingerprint density at radius 3 is 2.75 bits per heavy atom. The van der Waals surface area contributed by atoms with Crippen LogP contribution in [0.1, 0.15) is 23.0 Å². The van der Waals surface area contributed by atoms with Gasteiger partial charge in [0, 0.05) is 29.7 Å². The molecule has 0 bridgehead atoms. The maximum atomic E-state index is 12.3. The van der Waals surface area contributed by atoms with Gasteiger partial charge < -0.3 is 15.0 Å². The van der Waals surface area contributed by atoms with E-state index >= 15 is 0 Å². The zero-order chi connectivity index (χ0) is 14.7. The molecule has 1 aromatic carbocycles. The molecule has 106 valence electrons. The minimum atomic E-state index is -0.609. The second-order valence-electron chi connectivity index (χ2n) is 4.83. The predicted molar refractivity (Wildman–Crippen MR) is 76.8 cm³/mol. The molecule has 0 saturated heterocycles. The van der Waals surface area contributed by atoms with Gasteiger partial charge in [0.25, 0.3) is 11.7 Å². The number of benzene rings is 1. The molecule has 0 aliphatic heterocycles. The molecule has 0 spiro atoms. The summed E-state index contributed by atoms with van der Waals surface area (Å²) in [4.78, 5) is 27.4. The lowest BCUT2D eigenvalue weighted by Crippen LogP contribution is -2.40. The fourth-order valence-electron chi connectivity index (χ4n) is 2.26. The third-order valence-corrected chi connectivity index (χ3v) is 3.12. The number of ketones is 1. The molecule has 0 aliphatic rings. The molecule has 1 amide bonds. The molecule has 5 heteroatoms. The summed E-state index contributed by atoms with van der Waals surface area (Å²) in [7, 11) is 1.55. The number of ether oxygens (including phenoxy) is 1. The van der Waals surface area contributed by atoms with Gasteiger partial charge in [0.2, 0.25) is 0 Å². The first-order valence-corrected chi connectivity index (χ1v) is 6.46. The average molecular weight is 274 g/mol. The number of aromatic amines is 1. The van der Waals surface area contributed by atoms with Crippen LogP contribution in [0.15, 0.2) is 24.3 Å². The number of methoxy groups -OCH3 is 1. The minimum Gasteiger partial charge on any atom is -0.383 e. The minimum absolute atomic E-state index is 0.207. The number of carbonyl (C=O) groups is 2. The van der Waals surface area contributed by atoms with Gasteiger partial charge in [-0.15, -0.1) is 0 Å². The number of H-pyrrole nitrogens is 1. The lowest BCUT2D eigenvalue weighted by atomic mass is 10.1. The third kappa shape index (κ3) is 2.72. The summed E-state index contributed by atoms with van der Waals surface area (Å²) in [6.07, 6.45) is 0. The first kappa shape index (κ1) is 14.3. The normalized spacial score (nSPS) is 12.3. The molecule has 1 atom stereocenters. The summed E-state index contributed by atoms with van der Waals surface area (Å²) in [5.74, 6) is -1.13. The molecular formula is C15H18N2O3. The third-order valence-electron chi connectivity index (χ3n) is 3.12. The summed E-state index contributed by atoms with van der Waals surface area (Å²) >= 11 is 0. The molecule has 0 unspecified atom stereocenters. The van der Waals surface area contributed by atoms with E-state index in [1.807, 2.05) is 24.3 Å². The molecule has 1 aromatic heterocycles. The topological polar surface area (TPSA) is 71.2 Å². The lowest BCUT2D eigenvalue weighted by Gasteiger charge is -2.11. The average Bonchev–Trinajstić information content (AvgIpc) is 2.73. The summed E-state index contributed by atoms with van der Waals surface area (Å²) in [5, 5.41) is 3.40. The van der Waals surface area contributed by atoms with E-state index in [0.29, 0.717) is 17.9 Å². The molecule has 2 aromatic rings. The predicted octanol–water partition coefficient (Wildman–Crippen LogP) is 1.81. The molecule has 2 rings (SSSR count). The van der Waals surface area contributed by atoms with Gasteiger partial charge in [-0.3, -0.25) is 9.59 Å². The first-order valence-electron chi connectivity index (χ1n) is 6.46. The summed E-state index contributed by atoms with van der Waals surface area (Å²) < 4.78 is 4.94. The van der Waals surface area contributed by atoms with E-state index in [1.165, 1.54) is 0 Å².